The van der Waals surface area contributed by atoms with Crippen LogP contribution in [0.25, 0.3) is 0 Å². The number of amides is 2. The third-order valence-corrected chi connectivity index (χ3v) is 3.98. The minimum Gasteiger partial charge on any atom is -0.368 e. The fourth-order valence-corrected chi connectivity index (χ4v) is 2.92. The number of hydrogen-bond acceptors (Lipinski definition) is 2. The zero-order chi connectivity index (χ0) is 13.0. The van der Waals surface area contributed by atoms with Gasteiger partial charge in [-0.05, 0) is 38.0 Å². The van der Waals surface area contributed by atoms with Crippen molar-refractivity contribution < 1.29 is 9.59 Å². The Morgan fingerprint density at radius 2 is 2.11 bits per heavy atom. The average Bonchev–Trinajstić information content (AvgIpc) is 2.86. The van der Waals surface area contributed by atoms with E-state index in [1.54, 1.807) is 4.90 Å². The van der Waals surface area contributed by atoms with Crippen LogP contribution in [0.5, 0.6) is 0 Å². The van der Waals surface area contributed by atoms with Gasteiger partial charge in [-0.25, -0.2) is 5.32 Å². The number of nitrogens with zero attached hydrogens (tertiary/aromatic N) is 2. The standard InChI is InChI=1S/C13H22N3O2/c14-13(18)11-4-2-8-16(11)12(17)6-5-10-3-1-7-15-9-10/h10-11H,1-9H2,(H2,14,18). The summed E-state index contributed by atoms with van der Waals surface area (Å²) in [5.41, 5.74) is 5.32. The Kier molecular flexibility index (Phi) is 4.58. The molecule has 5 heteroatoms. The van der Waals surface area contributed by atoms with Crippen molar-refractivity contribution in [1.82, 2.24) is 10.2 Å². The molecule has 1 radical (unpaired) electrons. The van der Waals surface area contributed by atoms with E-state index in [0.29, 0.717) is 18.9 Å². The molecule has 5 nitrogen and oxygen atoms in total. The lowest BCUT2D eigenvalue weighted by molar-refractivity contribution is -0.137. The largest absolute Gasteiger partial charge is 0.368 e. The van der Waals surface area contributed by atoms with Gasteiger partial charge in [0, 0.05) is 26.1 Å². The van der Waals surface area contributed by atoms with Gasteiger partial charge in [0.15, 0.2) is 0 Å². The van der Waals surface area contributed by atoms with Crippen molar-refractivity contribution in [3.8, 4) is 0 Å². The number of primary amides is 1. The van der Waals surface area contributed by atoms with Gasteiger partial charge >= 0.3 is 0 Å². The second-order valence-corrected chi connectivity index (χ2v) is 5.32. The summed E-state index contributed by atoms with van der Waals surface area (Å²) in [4.78, 5) is 25.0. The molecule has 18 heavy (non-hydrogen) atoms. The lowest BCUT2D eigenvalue weighted by Crippen LogP contribution is -2.43. The summed E-state index contributed by atoms with van der Waals surface area (Å²) >= 11 is 0. The second-order valence-electron chi connectivity index (χ2n) is 5.32. The minimum atomic E-state index is -0.367. The van der Waals surface area contributed by atoms with E-state index in [0.717, 1.165) is 38.8 Å². The molecule has 0 saturated carbocycles. The summed E-state index contributed by atoms with van der Waals surface area (Å²) in [5.74, 6) is 0.271. The van der Waals surface area contributed by atoms with Gasteiger partial charge in [-0.15, -0.1) is 0 Å². The molecular weight excluding hydrogens is 230 g/mol. The van der Waals surface area contributed by atoms with E-state index in [-0.39, 0.29) is 17.9 Å². The van der Waals surface area contributed by atoms with Gasteiger partial charge in [0.2, 0.25) is 11.8 Å². The van der Waals surface area contributed by atoms with Gasteiger partial charge in [0.1, 0.15) is 6.04 Å². The zero-order valence-electron chi connectivity index (χ0n) is 10.8. The molecule has 0 bridgehead atoms. The van der Waals surface area contributed by atoms with Crippen LogP contribution in [0.2, 0.25) is 0 Å². The lowest BCUT2D eigenvalue weighted by atomic mass is 9.94. The third-order valence-electron chi connectivity index (χ3n) is 3.98. The molecule has 2 unspecified atom stereocenters. The van der Waals surface area contributed by atoms with Crippen molar-refractivity contribution in [2.24, 2.45) is 11.7 Å². The highest BCUT2D eigenvalue weighted by molar-refractivity contribution is 5.87. The van der Waals surface area contributed by atoms with E-state index in [4.69, 9.17) is 5.73 Å². The first kappa shape index (κ1) is 13.3. The smallest absolute Gasteiger partial charge is 0.240 e. The molecule has 0 aromatic heterocycles. The maximum absolute atomic E-state index is 12.1. The molecule has 0 spiro atoms. The zero-order valence-corrected chi connectivity index (χ0v) is 10.8. The summed E-state index contributed by atoms with van der Waals surface area (Å²) in [6.07, 6.45) is 5.36. The van der Waals surface area contributed by atoms with E-state index < -0.39 is 0 Å². The van der Waals surface area contributed by atoms with Crippen LogP contribution in [-0.2, 0) is 9.59 Å². The van der Waals surface area contributed by atoms with Crippen LogP contribution in [0.15, 0.2) is 0 Å². The van der Waals surface area contributed by atoms with Crippen LogP contribution in [-0.4, -0.2) is 42.4 Å². The average molecular weight is 252 g/mol. The topological polar surface area (TPSA) is 77.5 Å². The quantitative estimate of drug-likeness (QED) is 0.779. The van der Waals surface area contributed by atoms with E-state index in [1.807, 2.05) is 0 Å². The van der Waals surface area contributed by atoms with Gasteiger partial charge < -0.3 is 10.6 Å². The molecular formula is C13H22N3O2. The highest BCUT2D eigenvalue weighted by Crippen LogP contribution is 2.21. The maximum atomic E-state index is 12.1. The van der Waals surface area contributed by atoms with E-state index in [1.165, 1.54) is 6.42 Å². The van der Waals surface area contributed by atoms with Crippen molar-refractivity contribution >= 4 is 11.8 Å². The van der Waals surface area contributed by atoms with E-state index >= 15 is 0 Å². The molecule has 2 aliphatic heterocycles. The fraction of sp³-hybridized carbons (Fsp3) is 0.846. The molecule has 2 amide bonds. The second kappa shape index (κ2) is 6.18. The van der Waals surface area contributed by atoms with E-state index in [9.17, 15) is 9.59 Å². The Bertz CT molecular complexity index is 313. The summed E-state index contributed by atoms with van der Waals surface area (Å²) in [7, 11) is 0. The summed E-state index contributed by atoms with van der Waals surface area (Å²) < 4.78 is 0. The van der Waals surface area contributed by atoms with Gasteiger partial charge in [0.05, 0.1) is 0 Å². The highest BCUT2D eigenvalue weighted by atomic mass is 16.2. The molecule has 2 atom stereocenters. The molecule has 2 N–H and O–H groups in total. The van der Waals surface area contributed by atoms with Crippen molar-refractivity contribution in [1.29, 1.82) is 0 Å². The molecule has 101 valence electrons. The number of rotatable bonds is 4. The molecule has 2 rings (SSSR count). The van der Waals surface area contributed by atoms with Crippen LogP contribution in [0.3, 0.4) is 0 Å². The Labute approximate surface area is 108 Å². The van der Waals surface area contributed by atoms with Gasteiger partial charge in [0.25, 0.3) is 0 Å². The molecule has 2 fully saturated rings. The van der Waals surface area contributed by atoms with Crippen molar-refractivity contribution in [2.45, 2.75) is 44.6 Å². The normalized spacial score (nSPS) is 28.3. The third kappa shape index (κ3) is 3.22. The van der Waals surface area contributed by atoms with Crippen molar-refractivity contribution in [3.05, 3.63) is 0 Å². The Balaban J connectivity index is 1.78. The SMILES string of the molecule is NC(=O)C1CCCN1C(=O)CCC1CCC[N]C1. The molecule has 2 aliphatic rings. The fourth-order valence-electron chi connectivity index (χ4n) is 2.92. The Morgan fingerprint density at radius 1 is 1.28 bits per heavy atom. The first-order chi connectivity index (χ1) is 8.68. The summed E-state index contributed by atoms with van der Waals surface area (Å²) in [6.45, 7) is 2.55. The number of carbonyl (C=O) groups excluding carboxylic acids is 2. The maximum Gasteiger partial charge on any atom is 0.240 e. The summed E-state index contributed by atoms with van der Waals surface area (Å²) in [5, 5.41) is 4.38. The van der Waals surface area contributed by atoms with Crippen LogP contribution < -0.4 is 11.1 Å². The Hall–Kier alpha value is -1.10. The van der Waals surface area contributed by atoms with Gasteiger partial charge in [-0.3, -0.25) is 9.59 Å². The summed E-state index contributed by atoms with van der Waals surface area (Å²) in [6, 6.07) is -0.367. The lowest BCUT2D eigenvalue weighted by Gasteiger charge is -2.25. The number of nitrogens with two attached hydrogens (primary N) is 1. The van der Waals surface area contributed by atoms with Crippen LogP contribution in [0.4, 0.5) is 0 Å². The number of carbonyl (C=O) groups is 2. The van der Waals surface area contributed by atoms with Gasteiger partial charge in [-0.2, -0.15) is 0 Å². The molecule has 2 saturated heterocycles. The van der Waals surface area contributed by atoms with Crippen molar-refractivity contribution in [3.63, 3.8) is 0 Å². The van der Waals surface area contributed by atoms with Gasteiger partial charge in [-0.1, -0.05) is 0 Å². The number of hydrogen-bond donors (Lipinski definition) is 1. The first-order valence-corrected chi connectivity index (χ1v) is 6.90. The van der Waals surface area contributed by atoms with Crippen LogP contribution >= 0.6 is 0 Å². The minimum absolute atomic E-state index is 0.0851. The highest BCUT2D eigenvalue weighted by Gasteiger charge is 2.32. The number of likely N-dealkylation sites (tertiary alicyclic amines) is 1. The molecule has 0 aromatic rings. The number of piperidine rings is 1. The van der Waals surface area contributed by atoms with E-state index in [2.05, 4.69) is 5.32 Å². The monoisotopic (exact) mass is 252 g/mol. The molecule has 0 aliphatic carbocycles. The predicted molar refractivity (Wildman–Crippen MR) is 67.8 cm³/mol. The van der Waals surface area contributed by atoms with Crippen molar-refractivity contribution in [2.75, 3.05) is 19.6 Å². The molecule has 2 heterocycles. The first-order valence-electron chi connectivity index (χ1n) is 6.90. The van der Waals surface area contributed by atoms with Crippen LogP contribution in [0.1, 0.15) is 38.5 Å². The predicted octanol–water partition coefficient (Wildman–Crippen LogP) is 0.257. The Morgan fingerprint density at radius 3 is 2.78 bits per heavy atom. The molecule has 0 aromatic carbocycles. The van der Waals surface area contributed by atoms with Crippen LogP contribution in [0, 0.1) is 5.92 Å².